The lowest BCUT2D eigenvalue weighted by molar-refractivity contribution is -0.144. The smallest absolute Gasteiger partial charge is 0.316 e. The lowest BCUT2D eigenvalue weighted by Crippen LogP contribution is -2.36. The number of fused-ring (bicyclic) bond motifs is 1. The van der Waals surface area contributed by atoms with Crippen molar-refractivity contribution in [2.24, 2.45) is 0 Å². The molecule has 6 nitrogen and oxygen atoms in total. The minimum absolute atomic E-state index is 0.195. The van der Waals surface area contributed by atoms with Gasteiger partial charge in [0, 0.05) is 29.4 Å². The lowest BCUT2D eigenvalue weighted by Gasteiger charge is -2.28. The quantitative estimate of drug-likeness (QED) is 0.541. The van der Waals surface area contributed by atoms with Crippen LogP contribution in [0.25, 0.3) is 0 Å². The van der Waals surface area contributed by atoms with E-state index >= 15 is 0 Å². The number of anilines is 2. The highest BCUT2D eigenvalue weighted by molar-refractivity contribution is 8.00. The van der Waals surface area contributed by atoms with Crippen molar-refractivity contribution in [1.29, 1.82) is 0 Å². The average molecular weight is 427 g/mol. The largest absolute Gasteiger partial charge is 0.455 e. The predicted molar refractivity (Wildman–Crippen MR) is 118 cm³/mol. The maximum Gasteiger partial charge on any atom is 0.316 e. The zero-order chi connectivity index (χ0) is 20.8. The fourth-order valence-electron chi connectivity index (χ4n) is 3.74. The first-order valence-corrected chi connectivity index (χ1v) is 11.3. The number of ether oxygens (including phenoxy) is 2. The molecule has 1 fully saturated rings. The van der Waals surface area contributed by atoms with Crippen molar-refractivity contribution in [2.75, 3.05) is 48.9 Å². The molecule has 158 valence electrons. The number of nitrogens with one attached hydrogen (secondary N) is 1. The highest BCUT2D eigenvalue weighted by Gasteiger charge is 2.14. The van der Waals surface area contributed by atoms with E-state index in [0.29, 0.717) is 5.69 Å². The number of aryl methyl sites for hydroxylation is 2. The van der Waals surface area contributed by atoms with E-state index in [2.05, 4.69) is 28.4 Å². The molecule has 0 unspecified atom stereocenters. The first-order valence-electron chi connectivity index (χ1n) is 10.3. The highest BCUT2D eigenvalue weighted by atomic mass is 32.2. The molecule has 0 atom stereocenters. The Labute approximate surface area is 180 Å². The minimum atomic E-state index is -0.390. The van der Waals surface area contributed by atoms with E-state index in [1.807, 2.05) is 24.3 Å². The van der Waals surface area contributed by atoms with E-state index in [-0.39, 0.29) is 18.3 Å². The molecule has 1 N–H and O–H groups in total. The number of hydrogen-bond acceptors (Lipinski definition) is 6. The Hall–Kier alpha value is -2.51. The number of carbonyl (C=O) groups is 2. The molecule has 7 heteroatoms. The van der Waals surface area contributed by atoms with Gasteiger partial charge >= 0.3 is 5.97 Å². The summed E-state index contributed by atoms with van der Waals surface area (Å²) in [5, 5.41) is 2.76. The maximum atomic E-state index is 12.1. The van der Waals surface area contributed by atoms with Crippen LogP contribution < -0.4 is 10.2 Å². The van der Waals surface area contributed by atoms with Gasteiger partial charge in [0.25, 0.3) is 5.91 Å². The molecule has 2 aromatic carbocycles. The first-order chi connectivity index (χ1) is 14.7. The molecule has 1 aliphatic heterocycles. The summed E-state index contributed by atoms with van der Waals surface area (Å²) >= 11 is 1.45. The molecule has 1 saturated heterocycles. The fraction of sp³-hybridized carbons (Fsp3) is 0.391. The van der Waals surface area contributed by atoms with Gasteiger partial charge in [0.1, 0.15) is 0 Å². The van der Waals surface area contributed by atoms with Crippen LogP contribution in [0.3, 0.4) is 0 Å². The third kappa shape index (κ3) is 5.55. The van der Waals surface area contributed by atoms with Crippen molar-refractivity contribution in [3.05, 3.63) is 53.6 Å². The third-order valence-electron chi connectivity index (χ3n) is 5.32. The number of esters is 1. The number of amides is 1. The van der Waals surface area contributed by atoms with Crippen LogP contribution in [-0.2, 0) is 31.9 Å². The van der Waals surface area contributed by atoms with Crippen LogP contribution in [0, 0.1) is 0 Å². The second kappa shape index (κ2) is 10.00. The molecule has 0 radical (unpaired) electrons. The average Bonchev–Trinajstić information content (AvgIpc) is 3.25. The van der Waals surface area contributed by atoms with Crippen LogP contribution in [0.4, 0.5) is 11.4 Å². The SMILES string of the molecule is O=C(COC(=O)CSc1ccc2c(c1)CCC2)Nc1ccc(N2CCOCC2)cc1. The zero-order valence-electron chi connectivity index (χ0n) is 16.9. The first kappa shape index (κ1) is 20.8. The number of thioether (sulfide) groups is 1. The van der Waals surface area contributed by atoms with Crippen LogP contribution in [0.5, 0.6) is 0 Å². The van der Waals surface area contributed by atoms with Crippen molar-refractivity contribution < 1.29 is 19.1 Å². The second-order valence-electron chi connectivity index (χ2n) is 7.43. The van der Waals surface area contributed by atoms with Gasteiger partial charge in [-0.3, -0.25) is 9.59 Å². The molecule has 0 bridgehead atoms. The summed E-state index contributed by atoms with van der Waals surface area (Å²) in [7, 11) is 0. The zero-order valence-corrected chi connectivity index (χ0v) is 17.7. The second-order valence-corrected chi connectivity index (χ2v) is 8.48. The van der Waals surface area contributed by atoms with Gasteiger partial charge < -0.3 is 19.7 Å². The van der Waals surface area contributed by atoms with Crippen LogP contribution in [0.1, 0.15) is 17.5 Å². The molecule has 0 saturated carbocycles. The van der Waals surface area contributed by atoms with Crippen LogP contribution in [0.2, 0.25) is 0 Å². The van der Waals surface area contributed by atoms with E-state index in [4.69, 9.17) is 9.47 Å². The van der Waals surface area contributed by atoms with E-state index in [9.17, 15) is 9.59 Å². The van der Waals surface area contributed by atoms with Crippen LogP contribution in [0.15, 0.2) is 47.4 Å². The minimum Gasteiger partial charge on any atom is -0.455 e. The Bertz CT molecular complexity index is 895. The molecule has 4 rings (SSSR count). The molecule has 0 aromatic heterocycles. The predicted octanol–water partition coefficient (Wildman–Crippen LogP) is 3.29. The summed E-state index contributed by atoms with van der Waals surface area (Å²) in [6, 6.07) is 14.0. The molecule has 1 amide bonds. The number of benzene rings is 2. The van der Waals surface area contributed by atoms with Gasteiger partial charge in [-0.15, -0.1) is 11.8 Å². The summed E-state index contributed by atoms with van der Waals surface area (Å²) in [6.07, 6.45) is 3.46. The molecule has 1 aliphatic carbocycles. The molecular weight excluding hydrogens is 400 g/mol. The third-order valence-corrected chi connectivity index (χ3v) is 6.29. The Kier molecular flexibility index (Phi) is 6.92. The molecule has 2 aliphatic rings. The Balaban J connectivity index is 1.18. The van der Waals surface area contributed by atoms with Crippen molar-refractivity contribution in [2.45, 2.75) is 24.2 Å². The molecular formula is C23H26N2O4S. The van der Waals surface area contributed by atoms with Crippen LogP contribution >= 0.6 is 11.8 Å². The maximum absolute atomic E-state index is 12.1. The normalized spacial score (nSPS) is 15.5. The van der Waals surface area contributed by atoms with Gasteiger partial charge in [0.05, 0.1) is 19.0 Å². The van der Waals surface area contributed by atoms with Gasteiger partial charge in [0.2, 0.25) is 0 Å². The Morgan fingerprint density at radius 2 is 1.80 bits per heavy atom. The molecule has 30 heavy (non-hydrogen) atoms. The monoisotopic (exact) mass is 426 g/mol. The lowest BCUT2D eigenvalue weighted by atomic mass is 10.1. The highest BCUT2D eigenvalue weighted by Crippen LogP contribution is 2.27. The van der Waals surface area contributed by atoms with Crippen molar-refractivity contribution in [1.82, 2.24) is 0 Å². The van der Waals surface area contributed by atoms with Crippen LogP contribution in [-0.4, -0.2) is 50.5 Å². The van der Waals surface area contributed by atoms with E-state index in [1.54, 1.807) is 0 Å². The van der Waals surface area contributed by atoms with Gasteiger partial charge in [-0.2, -0.15) is 0 Å². The fourth-order valence-corrected chi connectivity index (χ4v) is 4.50. The van der Waals surface area contributed by atoms with Crippen molar-refractivity contribution >= 4 is 35.0 Å². The summed E-state index contributed by atoms with van der Waals surface area (Å²) in [5.41, 5.74) is 4.58. The Morgan fingerprint density at radius 1 is 1.03 bits per heavy atom. The van der Waals surface area contributed by atoms with E-state index < -0.39 is 5.97 Å². The van der Waals surface area contributed by atoms with Crippen molar-refractivity contribution in [3.63, 3.8) is 0 Å². The van der Waals surface area contributed by atoms with E-state index in [0.717, 1.165) is 49.7 Å². The number of morpholine rings is 1. The Morgan fingerprint density at radius 3 is 2.60 bits per heavy atom. The van der Waals surface area contributed by atoms with E-state index in [1.165, 1.54) is 29.3 Å². The van der Waals surface area contributed by atoms with Gasteiger partial charge in [-0.1, -0.05) is 6.07 Å². The molecule has 2 aromatic rings. The van der Waals surface area contributed by atoms with Gasteiger partial charge in [0.15, 0.2) is 6.61 Å². The van der Waals surface area contributed by atoms with Gasteiger partial charge in [-0.25, -0.2) is 0 Å². The summed E-state index contributed by atoms with van der Waals surface area (Å²) in [5.74, 6) is -0.538. The topological polar surface area (TPSA) is 67.9 Å². The number of hydrogen-bond donors (Lipinski definition) is 1. The number of carbonyl (C=O) groups excluding carboxylic acids is 2. The van der Waals surface area contributed by atoms with Gasteiger partial charge in [-0.05, 0) is 66.8 Å². The summed E-state index contributed by atoms with van der Waals surface area (Å²) in [6.45, 7) is 2.91. The number of rotatable bonds is 7. The number of nitrogens with zero attached hydrogens (tertiary/aromatic N) is 1. The molecule has 0 spiro atoms. The molecule has 1 heterocycles. The summed E-state index contributed by atoms with van der Waals surface area (Å²) < 4.78 is 10.5. The summed E-state index contributed by atoms with van der Waals surface area (Å²) in [4.78, 5) is 27.4. The van der Waals surface area contributed by atoms with Crippen molar-refractivity contribution in [3.8, 4) is 0 Å². The standard InChI is InChI=1S/C23H26N2O4S/c26-22(24-19-5-7-20(8-6-19)25-10-12-28-13-11-25)15-29-23(27)16-30-21-9-4-17-2-1-3-18(17)14-21/h4-9,14H,1-3,10-13,15-16H2,(H,24,26).